The predicted octanol–water partition coefficient (Wildman–Crippen LogP) is 3.96. The lowest BCUT2D eigenvalue weighted by Gasteiger charge is -2.09. The van der Waals surface area contributed by atoms with Gasteiger partial charge >= 0.3 is 0 Å². The summed E-state index contributed by atoms with van der Waals surface area (Å²) in [4.78, 5) is 24.8. The minimum atomic E-state index is -3.87. The zero-order chi connectivity index (χ0) is 26.0. The number of nitro groups is 1. The molecule has 188 valence electrons. The van der Waals surface area contributed by atoms with Crippen molar-refractivity contribution in [2.24, 2.45) is 0 Å². The van der Waals surface area contributed by atoms with Gasteiger partial charge in [-0.15, -0.1) is 11.3 Å². The lowest BCUT2D eigenvalue weighted by molar-refractivity contribution is -0.384. The summed E-state index contributed by atoms with van der Waals surface area (Å²) >= 11 is 1.41. The van der Waals surface area contributed by atoms with Crippen molar-refractivity contribution in [3.63, 3.8) is 0 Å². The van der Waals surface area contributed by atoms with Crippen LogP contribution in [0.2, 0.25) is 0 Å². The third-order valence-electron chi connectivity index (χ3n) is 5.30. The zero-order valence-corrected chi connectivity index (χ0v) is 20.5. The summed E-state index contributed by atoms with van der Waals surface area (Å²) < 4.78 is 42.3. The molecule has 37 heavy (non-hydrogen) atoms. The van der Waals surface area contributed by atoms with Crippen LogP contribution in [-0.4, -0.2) is 45.8 Å². The molecule has 0 bridgehead atoms. The number of imidazole rings is 1. The van der Waals surface area contributed by atoms with Gasteiger partial charge in [0.1, 0.15) is 17.2 Å². The summed E-state index contributed by atoms with van der Waals surface area (Å²) in [6.45, 7) is 0.169. The number of thiazole rings is 1. The van der Waals surface area contributed by atoms with Gasteiger partial charge in [0.2, 0.25) is 16.0 Å². The van der Waals surface area contributed by atoms with E-state index in [1.165, 1.54) is 41.7 Å². The highest BCUT2D eigenvalue weighted by Gasteiger charge is 2.20. The summed E-state index contributed by atoms with van der Waals surface area (Å²) in [7, 11) is -3.87. The molecule has 0 aliphatic heterocycles. The second-order valence-electron chi connectivity index (χ2n) is 7.72. The number of nitro benzene ring substituents is 1. The van der Waals surface area contributed by atoms with E-state index in [-0.39, 0.29) is 29.6 Å². The Labute approximate surface area is 213 Å². The van der Waals surface area contributed by atoms with Crippen molar-refractivity contribution in [2.45, 2.75) is 4.90 Å². The summed E-state index contributed by atoms with van der Waals surface area (Å²) in [6.07, 6.45) is 3.38. The molecule has 2 aromatic carbocycles. The molecule has 0 aliphatic rings. The monoisotopic (exact) mass is 539 g/mol. The number of sulfonamides is 1. The normalized spacial score (nSPS) is 11.6. The van der Waals surface area contributed by atoms with Crippen LogP contribution in [0.5, 0.6) is 0 Å². The van der Waals surface area contributed by atoms with Gasteiger partial charge in [-0.25, -0.2) is 32.5 Å². The number of fused-ring (bicyclic) bond motifs is 1. The van der Waals surface area contributed by atoms with Crippen molar-refractivity contribution in [3.05, 3.63) is 88.3 Å². The standard InChI is InChI=1S/C23H18FN7O4S2/c24-16-4-2-6-18(14-16)37(34,35)27-10-9-26-22-25-8-7-19(28-22)21-20(29-23-30(21)11-12-36-23)15-3-1-5-17(13-15)31(32)33/h1-8,11-14,27H,9-10H2,(H,25,26,28). The van der Waals surface area contributed by atoms with Gasteiger partial charge in [0.05, 0.1) is 15.5 Å². The molecular weight excluding hydrogens is 521 g/mol. The van der Waals surface area contributed by atoms with Crippen molar-refractivity contribution in [2.75, 3.05) is 18.4 Å². The fraction of sp³-hybridized carbons (Fsp3) is 0.0870. The first-order chi connectivity index (χ1) is 17.8. The van der Waals surface area contributed by atoms with Crippen molar-refractivity contribution in [1.82, 2.24) is 24.1 Å². The average Bonchev–Trinajstić information content (AvgIpc) is 3.48. The molecule has 0 spiro atoms. The SMILES string of the molecule is O=[N+]([O-])c1cccc(-c2nc3sccn3c2-c2ccnc(NCCNS(=O)(=O)c3cccc(F)c3)n2)c1. The Morgan fingerprint density at radius 3 is 2.73 bits per heavy atom. The number of aromatic nitrogens is 4. The fourth-order valence-electron chi connectivity index (χ4n) is 3.65. The molecule has 2 N–H and O–H groups in total. The van der Waals surface area contributed by atoms with E-state index in [2.05, 4.69) is 25.0 Å². The molecule has 3 heterocycles. The summed E-state index contributed by atoms with van der Waals surface area (Å²) in [5, 5.41) is 16.1. The maximum atomic E-state index is 13.4. The van der Waals surface area contributed by atoms with E-state index in [0.717, 1.165) is 6.07 Å². The van der Waals surface area contributed by atoms with E-state index in [0.29, 0.717) is 27.6 Å². The summed E-state index contributed by atoms with van der Waals surface area (Å²) in [5.74, 6) is -0.395. The molecule has 0 amide bonds. The van der Waals surface area contributed by atoms with E-state index in [1.807, 2.05) is 16.0 Å². The minimum absolute atomic E-state index is 0.00677. The Bertz CT molecular complexity index is 1720. The quantitative estimate of drug-likeness (QED) is 0.163. The smallest absolute Gasteiger partial charge is 0.270 e. The van der Waals surface area contributed by atoms with Gasteiger partial charge in [-0.3, -0.25) is 14.5 Å². The Balaban J connectivity index is 1.37. The molecular formula is C23H18FN7O4S2. The van der Waals surface area contributed by atoms with Gasteiger partial charge in [-0.05, 0) is 24.3 Å². The number of nitrogens with one attached hydrogen (secondary N) is 2. The van der Waals surface area contributed by atoms with Crippen molar-refractivity contribution >= 4 is 38.0 Å². The molecule has 3 aromatic heterocycles. The van der Waals surface area contributed by atoms with Crippen molar-refractivity contribution in [1.29, 1.82) is 0 Å². The summed E-state index contributed by atoms with van der Waals surface area (Å²) in [6, 6.07) is 12.7. The second kappa shape index (κ2) is 10.0. The van der Waals surface area contributed by atoms with Crippen LogP contribution >= 0.6 is 11.3 Å². The van der Waals surface area contributed by atoms with Crippen LogP contribution in [0.15, 0.2) is 77.3 Å². The predicted molar refractivity (Wildman–Crippen MR) is 136 cm³/mol. The summed E-state index contributed by atoms with van der Waals surface area (Å²) in [5.41, 5.74) is 2.20. The number of anilines is 1. The molecule has 0 unspecified atom stereocenters. The van der Waals surface area contributed by atoms with Crippen LogP contribution in [0.1, 0.15) is 0 Å². The molecule has 11 nitrogen and oxygen atoms in total. The molecule has 0 saturated carbocycles. The highest BCUT2D eigenvalue weighted by atomic mass is 32.2. The number of hydrogen-bond acceptors (Lipinski definition) is 9. The van der Waals surface area contributed by atoms with Crippen LogP contribution in [0.4, 0.5) is 16.0 Å². The average molecular weight is 540 g/mol. The minimum Gasteiger partial charge on any atom is -0.353 e. The number of rotatable bonds is 9. The third-order valence-corrected chi connectivity index (χ3v) is 7.51. The van der Waals surface area contributed by atoms with E-state index in [4.69, 9.17) is 0 Å². The van der Waals surface area contributed by atoms with Crippen molar-refractivity contribution in [3.8, 4) is 22.6 Å². The van der Waals surface area contributed by atoms with Crippen LogP contribution < -0.4 is 10.0 Å². The molecule has 0 atom stereocenters. The van der Waals surface area contributed by atoms with Crippen LogP contribution in [0.3, 0.4) is 0 Å². The molecule has 14 heteroatoms. The molecule has 5 aromatic rings. The number of hydrogen-bond donors (Lipinski definition) is 2. The van der Waals surface area contributed by atoms with Crippen LogP contribution in [0, 0.1) is 15.9 Å². The van der Waals surface area contributed by atoms with Crippen molar-refractivity contribution < 1.29 is 17.7 Å². The number of halogens is 1. The molecule has 0 fully saturated rings. The lowest BCUT2D eigenvalue weighted by Crippen LogP contribution is -2.29. The zero-order valence-electron chi connectivity index (χ0n) is 18.9. The van der Waals surface area contributed by atoms with Gasteiger partial charge < -0.3 is 5.32 Å². The first-order valence-corrected chi connectivity index (χ1v) is 13.2. The second-order valence-corrected chi connectivity index (χ2v) is 10.4. The number of benzene rings is 2. The Morgan fingerprint density at radius 2 is 1.92 bits per heavy atom. The number of nitrogens with zero attached hydrogens (tertiary/aromatic N) is 5. The maximum Gasteiger partial charge on any atom is 0.270 e. The molecule has 0 saturated heterocycles. The molecule has 0 radical (unpaired) electrons. The maximum absolute atomic E-state index is 13.4. The lowest BCUT2D eigenvalue weighted by atomic mass is 10.1. The fourth-order valence-corrected chi connectivity index (χ4v) is 5.43. The van der Waals surface area contributed by atoms with Gasteiger partial charge in [-0.2, -0.15) is 0 Å². The molecule has 5 rings (SSSR count). The highest BCUT2D eigenvalue weighted by Crippen LogP contribution is 2.34. The van der Waals surface area contributed by atoms with Gasteiger partial charge in [0, 0.05) is 48.6 Å². The van der Waals surface area contributed by atoms with Gasteiger partial charge in [0.15, 0.2) is 4.96 Å². The van der Waals surface area contributed by atoms with E-state index >= 15 is 0 Å². The third kappa shape index (κ3) is 5.16. The number of non-ortho nitro benzene ring substituents is 1. The van der Waals surface area contributed by atoms with E-state index < -0.39 is 20.8 Å². The Morgan fingerprint density at radius 1 is 1.08 bits per heavy atom. The largest absolute Gasteiger partial charge is 0.353 e. The Kier molecular flexibility index (Phi) is 6.60. The highest BCUT2D eigenvalue weighted by molar-refractivity contribution is 7.89. The first kappa shape index (κ1) is 24.4. The van der Waals surface area contributed by atoms with Gasteiger partial charge in [0.25, 0.3) is 5.69 Å². The van der Waals surface area contributed by atoms with Crippen LogP contribution in [-0.2, 0) is 10.0 Å². The molecule has 0 aliphatic carbocycles. The van der Waals surface area contributed by atoms with E-state index in [9.17, 15) is 22.9 Å². The van der Waals surface area contributed by atoms with E-state index in [1.54, 1.807) is 24.4 Å². The first-order valence-electron chi connectivity index (χ1n) is 10.8. The topological polar surface area (TPSA) is 144 Å². The van der Waals surface area contributed by atoms with Crippen LogP contribution in [0.25, 0.3) is 27.6 Å². The Hall–Kier alpha value is -4.27. The van der Waals surface area contributed by atoms with Gasteiger partial charge in [-0.1, -0.05) is 18.2 Å².